The van der Waals surface area contributed by atoms with Gasteiger partial charge in [-0.3, -0.25) is 4.79 Å². The van der Waals surface area contributed by atoms with Gasteiger partial charge >= 0.3 is 0 Å². The molecule has 168 valence electrons. The zero-order valence-corrected chi connectivity index (χ0v) is 19.6. The largest absolute Gasteiger partial charge is 0.493 e. The van der Waals surface area contributed by atoms with Crippen LogP contribution in [0.1, 0.15) is 42.1 Å². The van der Waals surface area contributed by atoms with Crippen LogP contribution >= 0.6 is 11.6 Å². The third-order valence-electron chi connectivity index (χ3n) is 5.63. The molecule has 1 heterocycles. The lowest BCUT2D eigenvalue weighted by Crippen LogP contribution is -2.41. The molecule has 0 N–H and O–H groups in total. The number of carbonyl (C=O) groups excluding carboxylic acids is 1. The van der Waals surface area contributed by atoms with Crippen LogP contribution < -0.4 is 14.4 Å². The summed E-state index contributed by atoms with van der Waals surface area (Å²) in [6.45, 7) is 3.93. The smallest absolute Gasteiger partial charge is 0.232 e. The van der Waals surface area contributed by atoms with Gasteiger partial charge < -0.3 is 14.4 Å². The van der Waals surface area contributed by atoms with Crippen molar-refractivity contribution < 1.29 is 14.3 Å². The second-order valence-corrected chi connectivity index (χ2v) is 8.70. The lowest BCUT2D eigenvalue weighted by Gasteiger charge is -2.38. The van der Waals surface area contributed by atoms with E-state index >= 15 is 0 Å². The van der Waals surface area contributed by atoms with Crippen molar-refractivity contribution in [1.82, 2.24) is 0 Å². The molecule has 1 atom stereocenters. The van der Waals surface area contributed by atoms with Crippen molar-refractivity contribution in [2.24, 2.45) is 0 Å². The van der Waals surface area contributed by atoms with Gasteiger partial charge in [0.25, 0.3) is 0 Å². The number of rotatable bonds is 6. The summed E-state index contributed by atoms with van der Waals surface area (Å²) in [6.07, 6.45) is 0.547. The summed E-state index contributed by atoms with van der Waals surface area (Å²) in [5.41, 5.74) is 4.51. The van der Waals surface area contributed by atoms with Crippen molar-refractivity contribution in [2.75, 3.05) is 12.0 Å². The molecule has 1 aliphatic rings. The average molecular weight is 461 g/mol. The number of nitrogens with zero attached hydrogens (tertiary/aromatic N) is 2. The zero-order valence-electron chi connectivity index (χ0n) is 18.8. The topological polar surface area (TPSA) is 62.6 Å². The molecule has 5 nitrogen and oxygen atoms in total. The molecule has 0 fully saturated rings. The number of amides is 1. The highest BCUT2D eigenvalue weighted by molar-refractivity contribution is 6.30. The molecule has 33 heavy (non-hydrogen) atoms. The molecular weight excluding hydrogens is 436 g/mol. The van der Waals surface area contributed by atoms with Gasteiger partial charge in [0.1, 0.15) is 0 Å². The molecule has 0 radical (unpaired) electrons. The molecule has 1 aliphatic heterocycles. The monoisotopic (exact) mass is 460 g/mol. The Morgan fingerprint density at radius 3 is 2.39 bits per heavy atom. The highest BCUT2D eigenvalue weighted by Gasteiger charge is 2.36. The molecule has 0 aromatic heterocycles. The van der Waals surface area contributed by atoms with Crippen LogP contribution in [-0.2, 0) is 17.6 Å². The van der Waals surface area contributed by atoms with E-state index in [4.69, 9.17) is 26.3 Å². The maximum absolute atomic E-state index is 13.5. The minimum Gasteiger partial charge on any atom is -0.493 e. The van der Waals surface area contributed by atoms with Gasteiger partial charge in [0, 0.05) is 10.7 Å². The van der Waals surface area contributed by atoms with Crippen molar-refractivity contribution in [2.45, 2.75) is 38.8 Å². The van der Waals surface area contributed by atoms with Crippen molar-refractivity contribution in [3.8, 4) is 17.6 Å². The summed E-state index contributed by atoms with van der Waals surface area (Å²) >= 11 is 6.16. The number of halogens is 1. The van der Waals surface area contributed by atoms with E-state index in [2.05, 4.69) is 6.07 Å². The zero-order chi connectivity index (χ0) is 23.5. The molecule has 4 rings (SSSR count). The average Bonchev–Trinajstić information content (AvgIpc) is 2.79. The van der Waals surface area contributed by atoms with Gasteiger partial charge in [0.2, 0.25) is 5.91 Å². The van der Waals surface area contributed by atoms with Crippen LogP contribution in [0.4, 0.5) is 5.69 Å². The lowest BCUT2D eigenvalue weighted by molar-refractivity contribution is -0.118. The van der Waals surface area contributed by atoms with E-state index < -0.39 is 0 Å². The van der Waals surface area contributed by atoms with Gasteiger partial charge in [0.15, 0.2) is 11.5 Å². The van der Waals surface area contributed by atoms with Crippen LogP contribution in [-0.4, -0.2) is 19.1 Å². The number of hydrogen-bond acceptors (Lipinski definition) is 4. The molecule has 3 aromatic carbocycles. The first-order valence-electron chi connectivity index (χ1n) is 10.8. The minimum absolute atomic E-state index is 0.0185. The summed E-state index contributed by atoms with van der Waals surface area (Å²) in [6, 6.07) is 20.8. The standard InChI is InChI=1S/C27H25ClN2O3/c1-17(2)33-25-16-23-20(14-24(25)32-3)15-26(31)30(22-10-4-18(5-11-22)12-13-29)27(23)19-6-8-21(28)9-7-19/h4-11,14,16-17,27H,12,15H2,1-3H3/t27-/m0/s1. The highest BCUT2D eigenvalue weighted by atomic mass is 35.5. The third-order valence-corrected chi connectivity index (χ3v) is 5.89. The van der Waals surface area contributed by atoms with Gasteiger partial charge in [-0.15, -0.1) is 0 Å². The van der Waals surface area contributed by atoms with E-state index in [1.807, 2.05) is 79.4 Å². The third kappa shape index (κ3) is 4.67. The first kappa shape index (κ1) is 22.7. The summed E-state index contributed by atoms with van der Waals surface area (Å²) in [7, 11) is 1.60. The molecule has 0 aliphatic carbocycles. The van der Waals surface area contributed by atoms with Gasteiger partial charge in [-0.2, -0.15) is 5.26 Å². The second kappa shape index (κ2) is 9.56. The van der Waals surface area contributed by atoms with Gasteiger partial charge in [-0.1, -0.05) is 35.9 Å². The number of nitriles is 1. The van der Waals surface area contributed by atoms with Crippen LogP contribution in [0.25, 0.3) is 0 Å². The number of ether oxygens (including phenoxy) is 2. The minimum atomic E-state index is -0.360. The van der Waals surface area contributed by atoms with Crippen LogP contribution in [0.3, 0.4) is 0 Å². The SMILES string of the molecule is COc1cc2c(cc1OC(C)C)[C@H](c1ccc(Cl)cc1)N(c1ccc(CC#N)cc1)C(=O)C2. The van der Waals surface area contributed by atoms with E-state index in [9.17, 15) is 4.79 Å². The Kier molecular flexibility index (Phi) is 6.57. The summed E-state index contributed by atoms with van der Waals surface area (Å²) in [5, 5.41) is 9.62. The maximum Gasteiger partial charge on any atom is 0.232 e. The molecule has 1 amide bonds. The molecule has 0 spiro atoms. The molecule has 6 heteroatoms. The predicted octanol–water partition coefficient (Wildman–Crippen LogP) is 5.88. The lowest BCUT2D eigenvalue weighted by atomic mass is 9.86. The number of fused-ring (bicyclic) bond motifs is 1. The van der Waals surface area contributed by atoms with Gasteiger partial charge in [-0.25, -0.2) is 0 Å². The van der Waals surface area contributed by atoms with Crippen molar-refractivity contribution >= 4 is 23.2 Å². The highest BCUT2D eigenvalue weighted by Crippen LogP contribution is 2.43. The Labute approximate surface area is 199 Å². The van der Waals surface area contributed by atoms with E-state index in [1.165, 1.54) is 0 Å². The maximum atomic E-state index is 13.5. The van der Waals surface area contributed by atoms with Crippen LogP contribution in [0.15, 0.2) is 60.7 Å². The van der Waals surface area contributed by atoms with Crippen LogP contribution in [0, 0.1) is 11.3 Å². The predicted molar refractivity (Wildman–Crippen MR) is 129 cm³/mol. The van der Waals surface area contributed by atoms with Gasteiger partial charge in [-0.05, 0) is 72.5 Å². The Morgan fingerprint density at radius 1 is 1.09 bits per heavy atom. The van der Waals surface area contributed by atoms with Crippen molar-refractivity contribution in [3.63, 3.8) is 0 Å². The first-order chi connectivity index (χ1) is 15.9. The van der Waals surface area contributed by atoms with Crippen LogP contribution in [0.2, 0.25) is 5.02 Å². The number of hydrogen-bond donors (Lipinski definition) is 0. The number of anilines is 1. The molecule has 0 saturated heterocycles. The molecule has 3 aromatic rings. The molecule has 0 unspecified atom stereocenters. The normalized spacial score (nSPS) is 15.2. The van der Waals surface area contributed by atoms with Crippen molar-refractivity contribution in [1.29, 1.82) is 5.26 Å². The van der Waals surface area contributed by atoms with E-state index in [1.54, 1.807) is 7.11 Å². The van der Waals surface area contributed by atoms with Gasteiger partial charge in [0.05, 0.1) is 38.2 Å². The van der Waals surface area contributed by atoms with E-state index in [-0.39, 0.29) is 24.5 Å². The molecule has 0 bridgehead atoms. The van der Waals surface area contributed by atoms with Crippen LogP contribution in [0.5, 0.6) is 11.5 Å². The van der Waals surface area contributed by atoms with E-state index in [0.29, 0.717) is 22.9 Å². The summed E-state index contributed by atoms with van der Waals surface area (Å²) in [4.78, 5) is 15.3. The summed E-state index contributed by atoms with van der Waals surface area (Å²) in [5.74, 6) is 1.23. The Bertz CT molecular complexity index is 1200. The fourth-order valence-corrected chi connectivity index (χ4v) is 4.32. The molecule has 0 saturated carbocycles. The van der Waals surface area contributed by atoms with E-state index in [0.717, 1.165) is 27.9 Å². The fourth-order valence-electron chi connectivity index (χ4n) is 4.19. The number of benzene rings is 3. The Hall–Kier alpha value is -3.49. The number of methoxy groups -OCH3 is 1. The summed E-state index contributed by atoms with van der Waals surface area (Å²) < 4.78 is 11.6. The first-order valence-corrected chi connectivity index (χ1v) is 11.2. The number of carbonyl (C=O) groups is 1. The fraction of sp³-hybridized carbons (Fsp3) is 0.259. The Morgan fingerprint density at radius 2 is 1.79 bits per heavy atom. The second-order valence-electron chi connectivity index (χ2n) is 8.26. The Balaban J connectivity index is 1.89. The quantitative estimate of drug-likeness (QED) is 0.460. The molecular formula is C27H25ClN2O3. The van der Waals surface area contributed by atoms with Crippen molar-refractivity contribution in [3.05, 3.63) is 87.9 Å².